The smallest absolute Gasteiger partial charge is 0.239 e. The van der Waals surface area contributed by atoms with Crippen LogP contribution in [0.4, 0.5) is 0 Å². The van der Waals surface area contributed by atoms with Crippen LogP contribution >= 0.6 is 0 Å². The molecule has 1 saturated heterocycles. The molecule has 4 N–H and O–H groups in total. The molecule has 39 heavy (non-hydrogen) atoms. The van der Waals surface area contributed by atoms with Crippen LogP contribution in [0.15, 0.2) is 41.3 Å². The van der Waals surface area contributed by atoms with Gasteiger partial charge >= 0.3 is 0 Å². The highest BCUT2D eigenvalue weighted by Crippen LogP contribution is 2.35. The van der Waals surface area contributed by atoms with Gasteiger partial charge in [-0.3, -0.25) is 9.69 Å². The van der Waals surface area contributed by atoms with Crippen molar-refractivity contribution in [2.45, 2.75) is 75.6 Å². The number of carbonyl (C=O) groups is 1. The number of likely N-dealkylation sites (tertiary alicyclic amines) is 1. The molecule has 2 aromatic carbocycles. The predicted molar refractivity (Wildman–Crippen MR) is 150 cm³/mol. The molecule has 2 aliphatic rings. The highest BCUT2D eigenvalue weighted by molar-refractivity contribution is 7.91. The van der Waals surface area contributed by atoms with Gasteiger partial charge in [0.15, 0.2) is 27.4 Å². The van der Waals surface area contributed by atoms with Crippen LogP contribution in [0.1, 0.15) is 55.3 Å². The van der Waals surface area contributed by atoms with Crippen LogP contribution in [-0.2, 0) is 14.6 Å². The largest absolute Gasteiger partial charge is 0.486 e. The number of hydrogen-bond donors (Lipinski definition) is 3. The lowest BCUT2D eigenvalue weighted by molar-refractivity contribution is -0.124. The van der Waals surface area contributed by atoms with E-state index >= 15 is 0 Å². The Morgan fingerprint density at radius 1 is 1.15 bits per heavy atom. The van der Waals surface area contributed by atoms with Gasteiger partial charge in [0.05, 0.1) is 10.6 Å². The van der Waals surface area contributed by atoms with Crippen molar-refractivity contribution in [2.24, 2.45) is 5.73 Å². The van der Waals surface area contributed by atoms with E-state index in [1.54, 1.807) is 12.1 Å². The van der Waals surface area contributed by atoms with Crippen LogP contribution in [-0.4, -0.2) is 74.6 Å². The highest BCUT2D eigenvalue weighted by atomic mass is 32.2. The van der Waals surface area contributed by atoms with Crippen molar-refractivity contribution < 1.29 is 27.8 Å². The van der Waals surface area contributed by atoms with Crippen molar-refractivity contribution >= 4 is 15.7 Å². The Morgan fingerprint density at radius 3 is 2.49 bits per heavy atom. The predicted octanol–water partition coefficient (Wildman–Crippen LogP) is 2.66. The van der Waals surface area contributed by atoms with E-state index < -0.39 is 28.1 Å². The van der Waals surface area contributed by atoms with Crippen LogP contribution < -0.4 is 20.5 Å². The van der Waals surface area contributed by atoms with Crippen molar-refractivity contribution in [1.82, 2.24) is 10.2 Å². The fourth-order valence-corrected chi connectivity index (χ4v) is 6.91. The number of rotatable bonds is 11. The molecule has 214 valence electrons. The molecule has 0 radical (unpaired) electrons. The number of sulfone groups is 1. The van der Waals surface area contributed by atoms with Crippen molar-refractivity contribution in [3.8, 4) is 11.5 Å². The summed E-state index contributed by atoms with van der Waals surface area (Å²) in [5, 5.41) is 14.3. The van der Waals surface area contributed by atoms with Gasteiger partial charge in [-0.25, -0.2) is 8.42 Å². The first-order valence-electron chi connectivity index (χ1n) is 13.8. The van der Waals surface area contributed by atoms with Crippen molar-refractivity contribution in [2.75, 3.05) is 32.0 Å². The minimum absolute atomic E-state index is 0.0860. The third kappa shape index (κ3) is 6.92. The van der Waals surface area contributed by atoms with Crippen LogP contribution in [0.5, 0.6) is 11.5 Å². The summed E-state index contributed by atoms with van der Waals surface area (Å²) in [4.78, 5) is 14.8. The summed E-state index contributed by atoms with van der Waals surface area (Å²) in [5.74, 6) is 0.550. The maximum Gasteiger partial charge on any atom is 0.239 e. The van der Waals surface area contributed by atoms with Gasteiger partial charge in [-0.1, -0.05) is 31.5 Å². The Kier molecular flexibility index (Phi) is 9.53. The summed E-state index contributed by atoms with van der Waals surface area (Å²) in [7, 11) is -3.40. The lowest BCUT2D eigenvalue weighted by atomic mass is 9.92. The average Bonchev–Trinajstić information content (AvgIpc) is 2.92. The van der Waals surface area contributed by atoms with Gasteiger partial charge in [0.25, 0.3) is 0 Å². The number of benzene rings is 2. The molecule has 1 amide bonds. The number of aliphatic hydroxyl groups excluding tert-OH is 1. The second-order valence-electron chi connectivity index (χ2n) is 10.6. The van der Waals surface area contributed by atoms with Crippen molar-refractivity contribution in [3.63, 3.8) is 0 Å². The first kappa shape index (κ1) is 29.3. The number of aryl methyl sites for hydroxylation is 2. The van der Waals surface area contributed by atoms with Gasteiger partial charge in [0.2, 0.25) is 5.91 Å². The minimum Gasteiger partial charge on any atom is -0.486 e. The van der Waals surface area contributed by atoms with Gasteiger partial charge in [0.1, 0.15) is 18.8 Å². The van der Waals surface area contributed by atoms with Gasteiger partial charge in [-0.2, -0.15) is 0 Å². The normalized spacial score (nSPS) is 19.9. The van der Waals surface area contributed by atoms with E-state index in [2.05, 4.69) is 10.2 Å². The van der Waals surface area contributed by atoms with Crippen LogP contribution in [0, 0.1) is 13.8 Å². The Bertz CT molecular complexity index is 1240. The molecule has 2 aromatic rings. The number of unbranched alkanes of at least 4 members (excludes halogenated alkanes) is 1. The Hall–Kier alpha value is -2.66. The summed E-state index contributed by atoms with van der Waals surface area (Å²) < 4.78 is 36.9. The molecule has 1 fully saturated rings. The molecule has 2 aliphatic heterocycles. The molecular weight excluding hydrogens is 518 g/mol. The SMILES string of the molecule is CCCCS(=O)(=O)c1ccc2c(c1)OC(C(O)CNC1CCN(C(C(N)=O)c3c(C)cccc3C)CC1)CO2. The van der Waals surface area contributed by atoms with Gasteiger partial charge < -0.3 is 25.6 Å². The lowest BCUT2D eigenvalue weighted by Crippen LogP contribution is -2.50. The number of amides is 1. The Labute approximate surface area is 231 Å². The molecule has 3 unspecified atom stereocenters. The molecule has 0 aliphatic carbocycles. The zero-order valence-electron chi connectivity index (χ0n) is 23.1. The average molecular weight is 560 g/mol. The zero-order chi connectivity index (χ0) is 28.2. The lowest BCUT2D eigenvalue weighted by Gasteiger charge is -2.38. The molecule has 10 heteroatoms. The van der Waals surface area contributed by atoms with Crippen LogP contribution in [0.25, 0.3) is 0 Å². The fraction of sp³-hybridized carbons (Fsp3) is 0.552. The zero-order valence-corrected chi connectivity index (χ0v) is 23.9. The third-order valence-electron chi connectivity index (χ3n) is 7.75. The van der Waals surface area contributed by atoms with Gasteiger partial charge in [-0.05, 0) is 61.9 Å². The number of carbonyl (C=O) groups excluding carboxylic acids is 1. The first-order valence-corrected chi connectivity index (χ1v) is 15.4. The Balaban J connectivity index is 1.31. The molecule has 9 nitrogen and oxygen atoms in total. The molecular formula is C29H41N3O6S. The van der Waals surface area contributed by atoms with E-state index in [1.807, 2.05) is 39.0 Å². The summed E-state index contributed by atoms with van der Waals surface area (Å²) in [6.07, 6.45) is 1.54. The number of primary amides is 1. The van der Waals surface area contributed by atoms with E-state index in [4.69, 9.17) is 15.2 Å². The van der Waals surface area contributed by atoms with E-state index in [-0.39, 0.29) is 29.2 Å². The van der Waals surface area contributed by atoms with Crippen molar-refractivity contribution in [3.05, 3.63) is 53.1 Å². The summed E-state index contributed by atoms with van der Waals surface area (Å²) in [6, 6.07) is 10.4. The molecule has 0 aromatic heterocycles. The number of ether oxygens (including phenoxy) is 2. The number of nitrogens with one attached hydrogen (secondary N) is 1. The summed E-state index contributed by atoms with van der Waals surface area (Å²) in [6.45, 7) is 7.87. The molecule has 0 bridgehead atoms. The summed E-state index contributed by atoms with van der Waals surface area (Å²) in [5.41, 5.74) is 8.96. The van der Waals surface area contributed by atoms with E-state index in [0.717, 1.165) is 36.0 Å². The maximum absolute atomic E-state index is 12.6. The fourth-order valence-electron chi connectivity index (χ4n) is 5.45. The topological polar surface area (TPSA) is 131 Å². The second-order valence-corrected chi connectivity index (χ2v) is 12.8. The number of nitrogens with zero attached hydrogens (tertiary/aromatic N) is 1. The second kappa shape index (κ2) is 12.7. The first-order chi connectivity index (χ1) is 18.6. The number of nitrogens with two attached hydrogens (primary N) is 1. The highest BCUT2D eigenvalue weighted by Gasteiger charge is 2.33. The van der Waals surface area contributed by atoms with Gasteiger partial charge in [-0.15, -0.1) is 0 Å². The number of fused-ring (bicyclic) bond motifs is 1. The molecule has 0 spiro atoms. The van der Waals surface area contributed by atoms with Crippen LogP contribution in [0.2, 0.25) is 0 Å². The molecule has 3 atom stereocenters. The quantitative estimate of drug-likeness (QED) is 0.383. The summed E-state index contributed by atoms with van der Waals surface area (Å²) >= 11 is 0. The third-order valence-corrected chi connectivity index (χ3v) is 9.55. The molecule has 2 heterocycles. The standard InChI is InChI=1S/C29H41N3O6S/c1-4-5-15-39(35,36)22-9-10-24-25(16-22)38-26(18-37-24)23(33)17-31-21-11-13-32(14-12-21)28(29(30)34)27-19(2)7-6-8-20(27)3/h6-10,16,21,23,26,28,31,33H,4-5,11-15,17-18H2,1-3H3,(H2,30,34). The minimum atomic E-state index is -3.40. The number of aliphatic hydroxyl groups is 1. The van der Waals surface area contributed by atoms with Crippen molar-refractivity contribution in [1.29, 1.82) is 0 Å². The van der Waals surface area contributed by atoms with E-state index in [9.17, 15) is 18.3 Å². The molecule has 0 saturated carbocycles. The van der Waals surface area contributed by atoms with E-state index in [1.165, 1.54) is 6.07 Å². The maximum atomic E-state index is 12.6. The number of hydrogen-bond acceptors (Lipinski definition) is 8. The molecule has 4 rings (SSSR count). The monoisotopic (exact) mass is 559 g/mol. The van der Waals surface area contributed by atoms with E-state index in [0.29, 0.717) is 37.6 Å². The van der Waals surface area contributed by atoms with Crippen LogP contribution in [0.3, 0.4) is 0 Å². The Morgan fingerprint density at radius 2 is 1.85 bits per heavy atom. The number of piperidine rings is 1. The van der Waals surface area contributed by atoms with Gasteiger partial charge in [0, 0.05) is 31.7 Å².